The lowest BCUT2D eigenvalue weighted by molar-refractivity contribution is -0.198. The van der Waals surface area contributed by atoms with E-state index < -0.39 is 18.0 Å². The zero-order valence-electron chi connectivity index (χ0n) is 11.3. The quantitative estimate of drug-likeness (QED) is 0.820. The molecular weight excluding hydrogens is 255 g/mol. The predicted molar refractivity (Wildman–Crippen MR) is 66.4 cm³/mol. The summed E-state index contributed by atoms with van der Waals surface area (Å²) in [6, 6.07) is 0.0818. The van der Waals surface area contributed by atoms with Crippen LogP contribution in [-0.4, -0.2) is 18.1 Å². The molecule has 19 heavy (non-hydrogen) atoms. The molecule has 2 aliphatic carbocycles. The van der Waals surface area contributed by atoms with Crippen LogP contribution in [0.4, 0.5) is 13.2 Å². The van der Waals surface area contributed by atoms with Crippen molar-refractivity contribution in [1.29, 1.82) is 0 Å². The Morgan fingerprint density at radius 2 is 1.79 bits per heavy atom. The van der Waals surface area contributed by atoms with Gasteiger partial charge in [0.25, 0.3) is 0 Å². The average molecular weight is 277 g/mol. The second-order valence-corrected chi connectivity index (χ2v) is 6.16. The fourth-order valence-corrected chi connectivity index (χ4v) is 3.48. The van der Waals surface area contributed by atoms with Gasteiger partial charge in [0.1, 0.15) is 0 Å². The molecule has 110 valence electrons. The Kier molecular flexibility index (Phi) is 4.41. The summed E-state index contributed by atoms with van der Waals surface area (Å²) in [4.78, 5) is 12.1. The number of carbonyl (C=O) groups excluding carboxylic acids is 1. The lowest BCUT2D eigenvalue weighted by Crippen LogP contribution is -2.45. The number of hydrogen-bond donors (Lipinski definition) is 1. The SMILES string of the molecule is CC1CCC(NC(=O)C2CCCCC2C(F)(F)F)C1. The Balaban J connectivity index is 1.96. The van der Waals surface area contributed by atoms with Crippen LogP contribution >= 0.6 is 0 Å². The molecule has 1 N–H and O–H groups in total. The molecule has 0 spiro atoms. The van der Waals surface area contributed by atoms with Crippen LogP contribution in [0.2, 0.25) is 0 Å². The molecule has 0 bridgehead atoms. The van der Waals surface area contributed by atoms with E-state index in [1.54, 1.807) is 0 Å². The number of carbonyl (C=O) groups is 1. The van der Waals surface area contributed by atoms with E-state index in [-0.39, 0.29) is 18.4 Å². The maximum absolute atomic E-state index is 12.9. The van der Waals surface area contributed by atoms with E-state index in [1.807, 2.05) is 0 Å². The topological polar surface area (TPSA) is 29.1 Å². The van der Waals surface area contributed by atoms with Crippen molar-refractivity contribution >= 4 is 5.91 Å². The second kappa shape index (κ2) is 5.71. The van der Waals surface area contributed by atoms with E-state index in [2.05, 4.69) is 12.2 Å². The second-order valence-electron chi connectivity index (χ2n) is 6.16. The number of rotatable bonds is 2. The number of nitrogens with one attached hydrogen (secondary N) is 1. The maximum atomic E-state index is 12.9. The van der Waals surface area contributed by atoms with Gasteiger partial charge in [0.2, 0.25) is 5.91 Å². The van der Waals surface area contributed by atoms with Gasteiger partial charge in [-0.15, -0.1) is 0 Å². The van der Waals surface area contributed by atoms with Crippen LogP contribution < -0.4 is 5.32 Å². The van der Waals surface area contributed by atoms with Crippen LogP contribution in [0.5, 0.6) is 0 Å². The Morgan fingerprint density at radius 3 is 2.37 bits per heavy atom. The van der Waals surface area contributed by atoms with Gasteiger partial charge in [0.15, 0.2) is 0 Å². The van der Waals surface area contributed by atoms with Crippen molar-refractivity contribution in [3.8, 4) is 0 Å². The van der Waals surface area contributed by atoms with Crippen LogP contribution in [0.3, 0.4) is 0 Å². The minimum absolute atomic E-state index is 0.0818. The molecule has 0 aromatic heterocycles. The highest BCUT2D eigenvalue weighted by Gasteiger charge is 2.48. The molecular formula is C14H22F3NO. The molecule has 2 fully saturated rings. The third-order valence-electron chi connectivity index (χ3n) is 4.56. The van der Waals surface area contributed by atoms with Gasteiger partial charge in [0, 0.05) is 12.0 Å². The summed E-state index contributed by atoms with van der Waals surface area (Å²) >= 11 is 0. The normalized spacial score (nSPS) is 36.2. The summed E-state index contributed by atoms with van der Waals surface area (Å²) in [5.74, 6) is -2.12. The number of halogens is 3. The maximum Gasteiger partial charge on any atom is 0.392 e. The van der Waals surface area contributed by atoms with Crippen molar-refractivity contribution in [1.82, 2.24) is 5.32 Å². The first-order valence-electron chi connectivity index (χ1n) is 7.25. The van der Waals surface area contributed by atoms with Crippen molar-refractivity contribution in [2.45, 2.75) is 64.1 Å². The minimum Gasteiger partial charge on any atom is -0.353 e. The summed E-state index contributed by atoms with van der Waals surface area (Å²) < 4.78 is 38.8. The van der Waals surface area contributed by atoms with E-state index in [0.717, 1.165) is 25.7 Å². The molecule has 2 rings (SSSR count). The smallest absolute Gasteiger partial charge is 0.353 e. The highest BCUT2D eigenvalue weighted by molar-refractivity contribution is 5.79. The van der Waals surface area contributed by atoms with Crippen molar-refractivity contribution < 1.29 is 18.0 Å². The van der Waals surface area contributed by atoms with Crippen molar-refractivity contribution in [2.75, 3.05) is 0 Å². The third kappa shape index (κ3) is 3.63. The fraction of sp³-hybridized carbons (Fsp3) is 0.929. The molecule has 5 heteroatoms. The van der Waals surface area contributed by atoms with Gasteiger partial charge < -0.3 is 5.32 Å². The largest absolute Gasteiger partial charge is 0.392 e. The van der Waals surface area contributed by atoms with Crippen LogP contribution in [0, 0.1) is 17.8 Å². The molecule has 0 aliphatic heterocycles. The standard InChI is InChI=1S/C14H22F3NO/c1-9-6-7-10(8-9)18-13(19)11-4-2-3-5-12(11)14(15,16)17/h9-12H,2-8H2,1H3,(H,18,19). The van der Waals surface area contributed by atoms with Crippen LogP contribution in [0.25, 0.3) is 0 Å². The zero-order chi connectivity index (χ0) is 14.0. The molecule has 0 radical (unpaired) electrons. The molecule has 4 atom stereocenters. The van der Waals surface area contributed by atoms with Gasteiger partial charge >= 0.3 is 6.18 Å². The summed E-state index contributed by atoms with van der Waals surface area (Å²) in [5, 5.41) is 2.84. The van der Waals surface area contributed by atoms with Gasteiger partial charge in [-0.3, -0.25) is 4.79 Å². The summed E-state index contributed by atoms with van der Waals surface area (Å²) in [5.41, 5.74) is 0. The summed E-state index contributed by atoms with van der Waals surface area (Å²) in [7, 11) is 0. The van der Waals surface area contributed by atoms with E-state index >= 15 is 0 Å². The van der Waals surface area contributed by atoms with E-state index in [0.29, 0.717) is 18.8 Å². The Morgan fingerprint density at radius 1 is 1.11 bits per heavy atom. The fourth-order valence-electron chi connectivity index (χ4n) is 3.48. The molecule has 0 heterocycles. The van der Waals surface area contributed by atoms with Gasteiger partial charge in [-0.1, -0.05) is 19.8 Å². The molecule has 0 saturated heterocycles. The monoisotopic (exact) mass is 277 g/mol. The average Bonchev–Trinajstić information content (AvgIpc) is 2.73. The first-order chi connectivity index (χ1) is 8.88. The number of hydrogen-bond acceptors (Lipinski definition) is 1. The molecule has 1 amide bonds. The van der Waals surface area contributed by atoms with Gasteiger partial charge in [-0.25, -0.2) is 0 Å². The van der Waals surface area contributed by atoms with Gasteiger partial charge in [0.05, 0.1) is 5.92 Å². The molecule has 2 nitrogen and oxygen atoms in total. The van der Waals surface area contributed by atoms with Crippen molar-refractivity contribution in [3.63, 3.8) is 0 Å². The van der Waals surface area contributed by atoms with Crippen molar-refractivity contribution in [3.05, 3.63) is 0 Å². The molecule has 2 saturated carbocycles. The van der Waals surface area contributed by atoms with Crippen LogP contribution in [-0.2, 0) is 4.79 Å². The van der Waals surface area contributed by atoms with E-state index in [9.17, 15) is 18.0 Å². The molecule has 2 aliphatic rings. The molecule has 0 aromatic carbocycles. The number of amides is 1. The lowest BCUT2D eigenvalue weighted by atomic mass is 9.78. The van der Waals surface area contributed by atoms with E-state index in [1.165, 1.54) is 0 Å². The Bertz CT molecular complexity index is 329. The third-order valence-corrected chi connectivity index (χ3v) is 4.56. The zero-order valence-corrected chi connectivity index (χ0v) is 11.3. The van der Waals surface area contributed by atoms with Gasteiger partial charge in [-0.2, -0.15) is 13.2 Å². The molecule has 0 aromatic rings. The number of alkyl halides is 3. The van der Waals surface area contributed by atoms with Crippen molar-refractivity contribution in [2.24, 2.45) is 17.8 Å². The highest BCUT2D eigenvalue weighted by atomic mass is 19.4. The highest BCUT2D eigenvalue weighted by Crippen LogP contribution is 2.41. The molecule has 4 unspecified atom stereocenters. The van der Waals surface area contributed by atoms with E-state index in [4.69, 9.17) is 0 Å². The summed E-state index contributed by atoms with van der Waals surface area (Å²) in [6.45, 7) is 2.12. The minimum atomic E-state index is -4.24. The van der Waals surface area contributed by atoms with Crippen LogP contribution in [0.1, 0.15) is 51.9 Å². The first-order valence-corrected chi connectivity index (χ1v) is 7.25. The lowest BCUT2D eigenvalue weighted by Gasteiger charge is -2.32. The predicted octanol–water partition coefficient (Wildman–Crippen LogP) is 3.66. The van der Waals surface area contributed by atoms with Crippen LogP contribution in [0.15, 0.2) is 0 Å². The van der Waals surface area contributed by atoms with Gasteiger partial charge in [-0.05, 0) is 38.0 Å². The Hall–Kier alpha value is -0.740. The Labute approximate surface area is 112 Å². The first kappa shape index (κ1) is 14.7. The summed E-state index contributed by atoms with van der Waals surface area (Å²) in [6.07, 6.45) is 0.385.